The quantitative estimate of drug-likeness (QED) is 0.160. The topological polar surface area (TPSA) is 118 Å². The fourth-order valence-corrected chi connectivity index (χ4v) is 5.92. The minimum atomic E-state index is -4.35. The molecule has 3 atom stereocenters. The molecule has 9 heteroatoms. The molecule has 4 N–H and O–H groups in total. The van der Waals surface area contributed by atoms with Gasteiger partial charge >= 0.3 is 7.60 Å². The van der Waals surface area contributed by atoms with Gasteiger partial charge < -0.3 is 24.9 Å². The number of nitrogens with zero attached hydrogens (tertiary/aromatic N) is 1. The van der Waals surface area contributed by atoms with Gasteiger partial charge in [-0.15, -0.1) is 0 Å². The summed E-state index contributed by atoms with van der Waals surface area (Å²) in [6.07, 6.45) is -0.112. The summed E-state index contributed by atoms with van der Waals surface area (Å²) in [6, 6.07) is 26.9. The highest BCUT2D eigenvalue weighted by Crippen LogP contribution is 2.49. The molecule has 39 heavy (non-hydrogen) atoms. The number of phenols is 1. The second-order valence-electron chi connectivity index (χ2n) is 9.57. The first-order chi connectivity index (χ1) is 18.6. The van der Waals surface area contributed by atoms with Crippen LogP contribution in [0.5, 0.6) is 5.75 Å². The second-order valence-corrected chi connectivity index (χ2v) is 11.6. The van der Waals surface area contributed by atoms with Crippen molar-refractivity contribution >= 4 is 36.1 Å². The van der Waals surface area contributed by atoms with Crippen LogP contribution >= 0.6 is 19.2 Å². The highest BCUT2D eigenvalue weighted by molar-refractivity contribution is 7.60. The number of hydrogen-bond donors (Lipinski definition) is 4. The van der Waals surface area contributed by atoms with Crippen LogP contribution in [0.3, 0.4) is 0 Å². The van der Waals surface area contributed by atoms with Crippen molar-refractivity contribution in [3.05, 3.63) is 113 Å². The molecule has 0 saturated carbocycles. The number of benzene rings is 4. The lowest BCUT2D eigenvalue weighted by molar-refractivity contribution is -0.131. The van der Waals surface area contributed by atoms with Crippen LogP contribution in [-0.4, -0.2) is 25.9 Å². The molecule has 3 unspecified atom stereocenters. The first kappa shape index (κ1) is 27.1. The second kappa shape index (κ2) is 11.0. The number of anilines is 1. The van der Waals surface area contributed by atoms with Crippen LogP contribution in [0.4, 0.5) is 5.69 Å². The van der Waals surface area contributed by atoms with Crippen LogP contribution < -0.4 is 10.2 Å². The number of para-hydroxylation sites is 1. The normalized spacial score (nSPS) is 18.1. The third-order valence-corrected chi connectivity index (χ3v) is 8.46. The van der Waals surface area contributed by atoms with Gasteiger partial charge in [0, 0.05) is 16.3 Å². The van der Waals surface area contributed by atoms with Crippen molar-refractivity contribution in [1.29, 1.82) is 0 Å². The van der Waals surface area contributed by atoms with Crippen LogP contribution in [0.1, 0.15) is 36.1 Å². The molecule has 200 valence electrons. The Hall–Kier alpha value is -3.45. The Morgan fingerprint density at radius 1 is 0.872 bits per heavy atom. The number of carbonyl (C=O) groups excluding carboxylic acids is 1. The van der Waals surface area contributed by atoms with Crippen molar-refractivity contribution in [2.75, 3.05) is 4.90 Å². The molecule has 0 aromatic heterocycles. The number of rotatable bonds is 8. The van der Waals surface area contributed by atoms with Crippen molar-refractivity contribution in [1.82, 2.24) is 0 Å². The van der Waals surface area contributed by atoms with Crippen LogP contribution in [0, 0.1) is 5.92 Å². The minimum Gasteiger partial charge on any atom is -0.508 e. The number of amides is 1. The van der Waals surface area contributed by atoms with Crippen LogP contribution in [-0.2, 0) is 9.36 Å². The summed E-state index contributed by atoms with van der Waals surface area (Å²) >= 11 is 6.25. The third-order valence-electron chi connectivity index (χ3n) is 7.15. The van der Waals surface area contributed by atoms with Gasteiger partial charge in [0.05, 0.1) is 23.4 Å². The fourth-order valence-electron chi connectivity index (χ4n) is 5.12. The summed E-state index contributed by atoms with van der Waals surface area (Å²) in [5.74, 6) is -0.544. The summed E-state index contributed by atoms with van der Waals surface area (Å²) < 4.78 is 11.5. The highest BCUT2D eigenvalue weighted by Gasteiger charge is 2.49. The number of carbonyl (C=O) groups is 1. The summed E-state index contributed by atoms with van der Waals surface area (Å²) in [5, 5.41) is 22.3. The van der Waals surface area contributed by atoms with E-state index in [1.54, 1.807) is 53.4 Å². The van der Waals surface area contributed by atoms with Gasteiger partial charge in [0.25, 0.3) is 0 Å². The number of phenolic OH excluding ortho intramolecular Hbond substituents is 1. The van der Waals surface area contributed by atoms with E-state index in [1.165, 1.54) is 12.1 Å². The van der Waals surface area contributed by atoms with E-state index in [-0.39, 0.29) is 17.0 Å². The summed E-state index contributed by atoms with van der Waals surface area (Å²) in [7, 11) is -4.35. The number of aliphatic hydroxyl groups is 1. The molecule has 1 aliphatic heterocycles. The molecule has 1 amide bonds. The fraction of sp³-hybridized carbons (Fsp3) is 0.167. The maximum absolute atomic E-state index is 13.3. The molecular weight excluding hydrogens is 537 g/mol. The van der Waals surface area contributed by atoms with Crippen molar-refractivity contribution in [2.24, 2.45) is 5.92 Å². The van der Waals surface area contributed by atoms with E-state index < -0.39 is 25.7 Å². The zero-order valence-electron chi connectivity index (χ0n) is 20.8. The highest BCUT2D eigenvalue weighted by atomic mass is 35.5. The molecular formula is C30H27ClNO6P. The monoisotopic (exact) mass is 563 g/mol. The Labute approximate surface area is 231 Å². The zero-order valence-corrected chi connectivity index (χ0v) is 22.4. The molecule has 5 rings (SSSR count). The van der Waals surface area contributed by atoms with Crippen LogP contribution in [0.25, 0.3) is 11.1 Å². The zero-order chi connectivity index (χ0) is 27.7. The van der Waals surface area contributed by atoms with Crippen molar-refractivity contribution in [3.63, 3.8) is 0 Å². The number of halogens is 1. The predicted octanol–water partition coefficient (Wildman–Crippen LogP) is 5.73. The molecule has 0 radical (unpaired) electrons. The average Bonchev–Trinajstić information content (AvgIpc) is 2.92. The van der Waals surface area contributed by atoms with Gasteiger partial charge in [0.1, 0.15) is 5.75 Å². The molecule has 4 aromatic rings. The van der Waals surface area contributed by atoms with Gasteiger partial charge in [-0.1, -0.05) is 72.3 Å². The van der Waals surface area contributed by atoms with Gasteiger partial charge in [0.2, 0.25) is 5.91 Å². The van der Waals surface area contributed by atoms with Crippen molar-refractivity contribution in [3.8, 4) is 16.9 Å². The molecule has 1 saturated heterocycles. The summed E-state index contributed by atoms with van der Waals surface area (Å²) in [4.78, 5) is 33.7. The molecule has 0 spiro atoms. The lowest BCUT2D eigenvalue weighted by atomic mass is 9.77. The van der Waals surface area contributed by atoms with Gasteiger partial charge in [-0.3, -0.25) is 9.36 Å². The Balaban J connectivity index is 1.43. The van der Waals surface area contributed by atoms with Gasteiger partial charge in [-0.25, -0.2) is 0 Å². The van der Waals surface area contributed by atoms with E-state index in [0.717, 1.165) is 0 Å². The molecule has 0 aliphatic carbocycles. The van der Waals surface area contributed by atoms with Gasteiger partial charge in [0.15, 0.2) is 0 Å². The molecule has 7 nitrogen and oxygen atoms in total. The molecule has 1 fully saturated rings. The van der Waals surface area contributed by atoms with Crippen LogP contribution in [0.2, 0.25) is 5.02 Å². The van der Waals surface area contributed by atoms with Crippen molar-refractivity contribution in [2.45, 2.75) is 25.0 Å². The summed E-state index contributed by atoms with van der Waals surface area (Å²) in [6.45, 7) is 0. The lowest BCUT2D eigenvalue weighted by Crippen LogP contribution is -2.55. The maximum atomic E-state index is 13.3. The minimum absolute atomic E-state index is 0.00153. The Morgan fingerprint density at radius 2 is 1.51 bits per heavy atom. The maximum Gasteiger partial charge on any atom is 0.356 e. The number of aliphatic hydroxyl groups excluding tert-OH is 1. The summed E-state index contributed by atoms with van der Waals surface area (Å²) in [5.41, 5.74) is 3.24. The van der Waals surface area contributed by atoms with E-state index in [0.29, 0.717) is 45.8 Å². The first-order valence-electron chi connectivity index (χ1n) is 12.4. The SMILES string of the molecule is O=C1C(CCC(O)c2ccccc2Cl)C(c2ccc(-c3ccc(P(=O)(O)O)cc3)cc2O)N1c1ccccc1. The number of hydrogen-bond acceptors (Lipinski definition) is 4. The standard InChI is InChI=1S/C30H27ClNO6P/c31-26-9-5-4-8-23(26)27(33)17-16-25-29(32(30(25)35)21-6-2-1-3-7-21)24-15-12-20(18-28(24)34)19-10-13-22(14-11-19)39(36,37)38/h1-15,18,25,27,29,33-34H,16-17H2,(H2,36,37,38). The van der Waals surface area contributed by atoms with E-state index in [1.807, 2.05) is 36.4 Å². The Kier molecular flexibility index (Phi) is 7.63. The van der Waals surface area contributed by atoms with E-state index >= 15 is 0 Å². The molecule has 0 bridgehead atoms. The molecule has 4 aromatic carbocycles. The van der Waals surface area contributed by atoms with Gasteiger partial charge in [-0.05, 0) is 65.9 Å². The third kappa shape index (κ3) is 5.50. The van der Waals surface area contributed by atoms with E-state index in [4.69, 9.17) is 11.6 Å². The smallest absolute Gasteiger partial charge is 0.356 e. The van der Waals surface area contributed by atoms with Crippen molar-refractivity contribution < 1.29 is 29.4 Å². The largest absolute Gasteiger partial charge is 0.508 e. The Bertz CT molecular complexity index is 1540. The lowest BCUT2D eigenvalue weighted by Gasteiger charge is -2.48. The van der Waals surface area contributed by atoms with Crippen LogP contribution in [0.15, 0.2) is 97.1 Å². The first-order valence-corrected chi connectivity index (χ1v) is 14.4. The average molecular weight is 564 g/mol. The number of β-lactam (4-membered cyclic amide) rings is 1. The molecule has 1 aliphatic rings. The van der Waals surface area contributed by atoms with E-state index in [2.05, 4.69) is 0 Å². The van der Waals surface area contributed by atoms with Gasteiger partial charge in [-0.2, -0.15) is 0 Å². The number of aromatic hydroxyl groups is 1. The Morgan fingerprint density at radius 3 is 2.15 bits per heavy atom. The predicted molar refractivity (Wildman–Crippen MR) is 151 cm³/mol. The molecule has 1 heterocycles. The van der Waals surface area contributed by atoms with E-state index in [9.17, 15) is 29.4 Å².